The summed E-state index contributed by atoms with van der Waals surface area (Å²) in [5.41, 5.74) is -2.26. The SMILES string of the molecule is C=C1C(=O)[C@]23C[C@H]1CC[C@H]2[C@]1(COC3=O)C(=O)C=CC(C)(C)[C@H]1CO. The Hall–Kier alpha value is -1.75. The molecule has 5 nitrogen and oxygen atoms in total. The van der Waals surface area contributed by atoms with E-state index in [1.807, 2.05) is 19.9 Å². The minimum atomic E-state index is -1.29. The second-order valence-electron chi connectivity index (χ2n) is 8.73. The third-order valence-electron chi connectivity index (χ3n) is 7.41. The van der Waals surface area contributed by atoms with Crippen LogP contribution in [0, 0.1) is 34.0 Å². The van der Waals surface area contributed by atoms with Gasteiger partial charge in [0.2, 0.25) is 0 Å². The zero-order valence-electron chi connectivity index (χ0n) is 14.7. The van der Waals surface area contributed by atoms with E-state index >= 15 is 0 Å². The van der Waals surface area contributed by atoms with Crippen molar-refractivity contribution >= 4 is 17.5 Å². The fourth-order valence-electron chi connectivity index (χ4n) is 6.08. The Morgan fingerprint density at radius 3 is 2.68 bits per heavy atom. The van der Waals surface area contributed by atoms with Gasteiger partial charge in [0.15, 0.2) is 11.6 Å². The fraction of sp³-hybridized carbons (Fsp3) is 0.650. The number of hydrogen-bond acceptors (Lipinski definition) is 5. The van der Waals surface area contributed by atoms with Crippen molar-refractivity contribution in [2.24, 2.45) is 34.0 Å². The summed E-state index contributed by atoms with van der Waals surface area (Å²) in [6, 6.07) is 0. The number of ether oxygens (including phenoxy) is 1. The average Bonchev–Trinajstić information content (AvgIpc) is 2.77. The van der Waals surface area contributed by atoms with Crippen molar-refractivity contribution in [2.75, 3.05) is 13.2 Å². The van der Waals surface area contributed by atoms with Gasteiger partial charge in [0, 0.05) is 12.5 Å². The fourth-order valence-corrected chi connectivity index (χ4v) is 6.08. The Labute approximate surface area is 147 Å². The third kappa shape index (κ3) is 1.75. The van der Waals surface area contributed by atoms with Gasteiger partial charge in [-0.25, -0.2) is 0 Å². The molecule has 0 amide bonds. The van der Waals surface area contributed by atoms with E-state index in [1.54, 1.807) is 6.08 Å². The van der Waals surface area contributed by atoms with E-state index in [0.29, 0.717) is 18.4 Å². The number of aliphatic hydroxyl groups is 1. The van der Waals surface area contributed by atoms with Gasteiger partial charge in [-0.3, -0.25) is 14.4 Å². The molecular formula is C20H24O5. The number of aliphatic hydroxyl groups excluding tert-OH is 1. The largest absolute Gasteiger partial charge is 0.464 e. The molecule has 0 aromatic heterocycles. The molecule has 0 radical (unpaired) electrons. The van der Waals surface area contributed by atoms with Gasteiger partial charge in [0.05, 0.1) is 5.41 Å². The minimum absolute atomic E-state index is 0.00118. The molecule has 5 heteroatoms. The predicted molar refractivity (Wildman–Crippen MR) is 89.3 cm³/mol. The van der Waals surface area contributed by atoms with Crippen molar-refractivity contribution in [3.05, 3.63) is 24.3 Å². The van der Waals surface area contributed by atoms with Crippen molar-refractivity contribution in [1.82, 2.24) is 0 Å². The molecule has 1 heterocycles. The summed E-state index contributed by atoms with van der Waals surface area (Å²) < 4.78 is 5.51. The summed E-state index contributed by atoms with van der Waals surface area (Å²) in [4.78, 5) is 39.0. The Kier molecular flexibility index (Phi) is 3.28. The van der Waals surface area contributed by atoms with Gasteiger partial charge in [-0.05, 0) is 48.2 Å². The molecule has 2 bridgehead atoms. The Bertz CT molecular complexity index is 732. The van der Waals surface area contributed by atoms with E-state index in [2.05, 4.69) is 6.58 Å². The average molecular weight is 344 g/mol. The number of carbonyl (C=O) groups excluding carboxylic acids is 3. The van der Waals surface area contributed by atoms with Crippen molar-refractivity contribution in [1.29, 1.82) is 0 Å². The molecule has 0 aromatic carbocycles. The highest BCUT2D eigenvalue weighted by Gasteiger charge is 2.73. The molecule has 0 aromatic rings. The highest BCUT2D eigenvalue weighted by atomic mass is 16.5. The van der Waals surface area contributed by atoms with E-state index in [1.165, 1.54) is 0 Å². The first kappa shape index (κ1) is 16.7. The molecule has 3 aliphatic carbocycles. The molecular weight excluding hydrogens is 320 g/mol. The number of esters is 1. The van der Waals surface area contributed by atoms with Crippen LogP contribution in [-0.4, -0.2) is 35.9 Å². The molecule has 1 N–H and O–H groups in total. The van der Waals surface area contributed by atoms with E-state index in [4.69, 9.17) is 4.74 Å². The van der Waals surface area contributed by atoms with Crippen LogP contribution in [0.3, 0.4) is 0 Å². The maximum Gasteiger partial charge on any atom is 0.320 e. The van der Waals surface area contributed by atoms with Crippen LogP contribution in [0.15, 0.2) is 24.3 Å². The monoisotopic (exact) mass is 344 g/mol. The number of Topliss-reactive ketones (excluding diaryl/α,β-unsaturated/α-hetero) is 1. The van der Waals surface area contributed by atoms with Gasteiger partial charge in [-0.2, -0.15) is 0 Å². The molecule has 134 valence electrons. The molecule has 4 aliphatic rings. The Balaban J connectivity index is 1.94. The van der Waals surface area contributed by atoms with Crippen molar-refractivity contribution in [3.8, 4) is 0 Å². The lowest BCUT2D eigenvalue weighted by atomic mass is 9.46. The van der Waals surface area contributed by atoms with Crippen LogP contribution in [0.2, 0.25) is 0 Å². The van der Waals surface area contributed by atoms with Gasteiger partial charge in [-0.15, -0.1) is 0 Å². The number of rotatable bonds is 1. The molecule has 0 unspecified atom stereocenters. The molecule has 5 atom stereocenters. The lowest BCUT2D eigenvalue weighted by molar-refractivity contribution is -0.205. The van der Waals surface area contributed by atoms with Crippen molar-refractivity contribution in [3.63, 3.8) is 0 Å². The van der Waals surface area contributed by atoms with Gasteiger partial charge in [-0.1, -0.05) is 26.5 Å². The summed E-state index contributed by atoms with van der Waals surface area (Å²) >= 11 is 0. The van der Waals surface area contributed by atoms with Crippen molar-refractivity contribution in [2.45, 2.75) is 33.1 Å². The maximum atomic E-state index is 13.1. The number of hydrogen-bond donors (Lipinski definition) is 1. The van der Waals surface area contributed by atoms with Crippen LogP contribution < -0.4 is 0 Å². The molecule has 2 saturated carbocycles. The van der Waals surface area contributed by atoms with E-state index in [0.717, 1.165) is 6.42 Å². The number of fused-ring (bicyclic) bond motifs is 2. The lowest BCUT2D eigenvalue weighted by Gasteiger charge is -2.58. The normalized spacial score (nSPS) is 44.8. The maximum absolute atomic E-state index is 13.1. The topological polar surface area (TPSA) is 80.7 Å². The quantitative estimate of drug-likeness (QED) is 0.446. The number of ketones is 2. The van der Waals surface area contributed by atoms with Crippen LogP contribution in [0.4, 0.5) is 0 Å². The number of cyclic esters (lactones) is 1. The smallest absolute Gasteiger partial charge is 0.320 e. The zero-order valence-corrected chi connectivity index (χ0v) is 14.7. The standard InChI is InChI=1S/C20H24O5/c1-11-12-4-5-13-19(8-12,16(11)23)17(24)25-10-20(13)14(9-21)18(2,3)7-6-15(20)22/h6-7,12-14,21H,1,4-5,8-10H2,2-3H3/t12-,13-,14-,19+,20+/m1/s1. The second kappa shape index (κ2) is 4.91. The highest BCUT2D eigenvalue weighted by Crippen LogP contribution is 2.66. The van der Waals surface area contributed by atoms with Gasteiger partial charge < -0.3 is 9.84 Å². The summed E-state index contributed by atoms with van der Waals surface area (Å²) in [5.74, 6) is -1.72. The second-order valence-corrected chi connectivity index (χ2v) is 8.73. The first-order valence-corrected chi connectivity index (χ1v) is 8.97. The van der Waals surface area contributed by atoms with Crippen LogP contribution >= 0.6 is 0 Å². The molecule has 4 rings (SSSR count). The predicted octanol–water partition coefficient (Wildman–Crippen LogP) is 1.84. The molecule has 2 spiro atoms. The van der Waals surface area contributed by atoms with E-state index in [9.17, 15) is 19.5 Å². The third-order valence-corrected chi connectivity index (χ3v) is 7.41. The van der Waals surface area contributed by atoms with Gasteiger partial charge >= 0.3 is 5.97 Å². The first-order valence-electron chi connectivity index (χ1n) is 8.97. The molecule has 3 fully saturated rings. The molecule has 1 saturated heterocycles. The van der Waals surface area contributed by atoms with Crippen LogP contribution in [0.1, 0.15) is 33.1 Å². The highest BCUT2D eigenvalue weighted by molar-refractivity contribution is 6.16. The summed E-state index contributed by atoms with van der Waals surface area (Å²) in [5, 5.41) is 10.2. The lowest BCUT2D eigenvalue weighted by Crippen LogP contribution is -2.66. The Morgan fingerprint density at radius 2 is 2.00 bits per heavy atom. The van der Waals surface area contributed by atoms with Crippen LogP contribution in [0.25, 0.3) is 0 Å². The number of allylic oxidation sites excluding steroid dienone is 3. The first-order chi connectivity index (χ1) is 11.7. The molecule has 1 aliphatic heterocycles. The number of carbonyl (C=O) groups is 3. The van der Waals surface area contributed by atoms with Crippen LogP contribution in [0.5, 0.6) is 0 Å². The molecule has 25 heavy (non-hydrogen) atoms. The minimum Gasteiger partial charge on any atom is -0.464 e. The summed E-state index contributed by atoms with van der Waals surface area (Å²) in [6.07, 6.45) is 5.13. The van der Waals surface area contributed by atoms with Crippen LogP contribution in [-0.2, 0) is 19.1 Å². The van der Waals surface area contributed by atoms with E-state index < -0.39 is 34.1 Å². The zero-order chi connectivity index (χ0) is 18.2. The Morgan fingerprint density at radius 1 is 1.28 bits per heavy atom. The van der Waals surface area contributed by atoms with Crippen molar-refractivity contribution < 1.29 is 24.2 Å². The summed E-state index contributed by atoms with van der Waals surface area (Å²) in [7, 11) is 0. The summed E-state index contributed by atoms with van der Waals surface area (Å²) in [6.45, 7) is 7.62. The van der Waals surface area contributed by atoms with Gasteiger partial charge in [0.1, 0.15) is 12.0 Å². The van der Waals surface area contributed by atoms with E-state index in [-0.39, 0.29) is 30.7 Å². The van der Waals surface area contributed by atoms with Gasteiger partial charge in [0.25, 0.3) is 0 Å².